The summed E-state index contributed by atoms with van der Waals surface area (Å²) in [7, 11) is 0. The third-order valence-corrected chi connectivity index (χ3v) is 5.02. The lowest BCUT2D eigenvalue weighted by Gasteiger charge is -2.02. The van der Waals surface area contributed by atoms with E-state index in [0.717, 1.165) is 31.8 Å². The Hall–Kier alpha value is 0.0700. The van der Waals surface area contributed by atoms with Crippen LogP contribution in [0.15, 0.2) is 30.6 Å². The first-order valence-electron chi connectivity index (χ1n) is 6.21. The van der Waals surface area contributed by atoms with Gasteiger partial charge in [-0.05, 0) is 46.7 Å². The van der Waals surface area contributed by atoms with Crippen LogP contribution in [0.4, 0.5) is 0 Å². The highest BCUT2D eigenvalue weighted by Crippen LogP contribution is 2.40. The minimum Gasteiger partial charge on any atom is -0.448 e. The summed E-state index contributed by atoms with van der Waals surface area (Å²) in [6.45, 7) is 4.38. The first-order valence-corrected chi connectivity index (χ1v) is 8.78. The van der Waals surface area contributed by atoms with Crippen LogP contribution in [-0.2, 0) is 6.42 Å². The van der Waals surface area contributed by atoms with Gasteiger partial charge in [-0.1, -0.05) is 48.0 Å². The van der Waals surface area contributed by atoms with E-state index >= 15 is 0 Å². The maximum absolute atomic E-state index is 6.03. The van der Waals surface area contributed by atoms with Crippen molar-refractivity contribution in [3.63, 3.8) is 0 Å². The van der Waals surface area contributed by atoms with Crippen LogP contribution >= 0.6 is 43.6 Å². The number of rotatable bonds is 5. The summed E-state index contributed by atoms with van der Waals surface area (Å²) in [4.78, 5) is 0. The molecule has 4 heteroatoms. The smallest absolute Gasteiger partial charge is 0.164 e. The monoisotopic (exact) mass is 390 g/mol. The molecule has 0 saturated carbocycles. The van der Waals surface area contributed by atoms with Gasteiger partial charge in [0.25, 0.3) is 0 Å². The van der Waals surface area contributed by atoms with Crippen LogP contribution in [0.2, 0.25) is 0 Å². The van der Waals surface area contributed by atoms with Crippen molar-refractivity contribution in [1.82, 2.24) is 0 Å². The van der Waals surface area contributed by atoms with Crippen LogP contribution in [0.5, 0.6) is 0 Å². The Morgan fingerprint density at radius 1 is 1.17 bits per heavy atom. The van der Waals surface area contributed by atoms with Crippen molar-refractivity contribution in [3.8, 4) is 0 Å². The highest BCUT2D eigenvalue weighted by Gasteiger charge is 2.18. The molecule has 2 rings (SSSR count). The fourth-order valence-electron chi connectivity index (χ4n) is 2.00. The molecule has 0 N–H and O–H groups in total. The van der Waals surface area contributed by atoms with Crippen molar-refractivity contribution in [2.45, 2.75) is 38.2 Å². The van der Waals surface area contributed by atoms with E-state index in [1.807, 2.05) is 6.07 Å². The standard InChI is InChI=1S/C14H16Br2OS/c1-3-5-6-9-12-10(15)7-8-11(16)13(12)17-14(9)18-4-2/h7-8H,3-6H2,1-2H3. The summed E-state index contributed by atoms with van der Waals surface area (Å²) in [5.41, 5.74) is 2.32. The molecule has 0 aliphatic carbocycles. The second-order valence-corrected chi connectivity index (χ2v) is 7.08. The number of aryl methyl sites for hydroxylation is 1. The predicted octanol–water partition coefficient (Wildman–Crippen LogP) is 6.41. The van der Waals surface area contributed by atoms with E-state index in [9.17, 15) is 0 Å². The van der Waals surface area contributed by atoms with Crippen LogP contribution < -0.4 is 0 Å². The highest BCUT2D eigenvalue weighted by molar-refractivity contribution is 9.11. The first kappa shape index (κ1) is 14.5. The van der Waals surface area contributed by atoms with Crippen molar-refractivity contribution >= 4 is 54.6 Å². The number of fused-ring (bicyclic) bond motifs is 1. The summed E-state index contributed by atoms with van der Waals surface area (Å²) < 4.78 is 8.19. The van der Waals surface area contributed by atoms with E-state index in [4.69, 9.17) is 4.42 Å². The van der Waals surface area contributed by atoms with Gasteiger partial charge in [0.05, 0.1) is 4.47 Å². The first-order chi connectivity index (χ1) is 8.69. The molecule has 0 bridgehead atoms. The predicted molar refractivity (Wildman–Crippen MR) is 86.6 cm³/mol. The van der Waals surface area contributed by atoms with Crippen molar-refractivity contribution in [2.24, 2.45) is 0 Å². The molecule has 1 aromatic heterocycles. The van der Waals surface area contributed by atoms with Gasteiger partial charge in [0, 0.05) is 15.4 Å². The summed E-state index contributed by atoms with van der Waals surface area (Å²) >= 11 is 9.01. The molecule has 2 aromatic rings. The van der Waals surface area contributed by atoms with E-state index < -0.39 is 0 Å². The number of benzene rings is 1. The van der Waals surface area contributed by atoms with Crippen LogP contribution in [0.3, 0.4) is 0 Å². The molecule has 0 spiro atoms. The van der Waals surface area contributed by atoms with Gasteiger partial charge in [0.2, 0.25) is 0 Å². The van der Waals surface area contributed by atoms with Gasteiger partial charge in [0.1, 0.15) is 0 Å². The normalized spacial score (nSPS) is 11.3. The van der Waals surface area contributed by atoms with E-state index in [1.165, 1.54) is 23.8 Å². The second-order valence-electron chi connectivity index (χ2n) is 4.14. The van der Waals surface area contributed by atoms with Crippen molar-refractivity contribution in [1.29, 1.82) is 0 Å². The Morgan fingerprint density at radius 3 is 2.56 bits per heavy atom. The Bertz CT molecular complexity index is 548. The third kappa shape index (κ3) is 2.81. The third-order valence-electron chi connectivity index (χ3n) is 2.86. The Morgan fingerprint density at radius 2 is 1.89 bits per heavy atom. The van der Waals surface area contributed by atoms with Gasteiger partial charge in [-0.2, -0.15) is 0 Å². The van der Waals surface area contributed by atoms with Gasteiger partial charge < -0.3 is 4.42 Å². The fraction of sp³-hybridized carbons (Fsp3) is 0.429. The Balaban J connectivity index is 2.60. The summed E-state index contributed by atoms with van der Waals surface area (Å²) in [6.07, 6.45) is 3.49. The zero-order valence-electron chi connectivity index (χ0n) is 10.6. The van der Waals surface area contributed by atoms with E-state index in [-0.39, 0.29) is 0 Å². The molecule has 1 aromatic carbocycles. The largest absolute Gasteiger partial charge is 0.448 e. The molecule has 0 amide bonds. The summed E-state index contributed by atoms with van der Waals surface area (Å²) in [6, 6.07) is 4.11. The second kappa shape index (κ2) is 6.49. The van der Waals surface area contributed by atoms with Crippen LogP contribution in [0.25, 0.3) is 11.0 Å². The number of unbranched alkanes of at least 4 members (excludes halogenated alkanes) is 1. The minimum absolute atomic E-state index is 0.964. The van der Waals surface area contributed by atoms with Crippen LogP contribution in [0.1, 0.15) is 32.3 Å². The maximum atomic E-state index is 6.03. The topological polar surface area (TPSA) is 13.1 Å². The molecule has 1 heterocycles. The number of furan rings is 1. The maximum Gasteiger partial charge on any atom is 0.164 e. The number of thioether (sulfide) groups is 1. The van der Waals surface area contributed by atoms with Crippen LogP contribution in [0, 0.1) is 0 Å². The molecule has 0 atom stereocenters. The zero-order valence-corrected chi connectivity index (χ0v) is 14.5. The van der Waals surface area contributed by atoms with Crippen LogP contribution in [-0.4, -0.2) is 5.75 Å². The summed E-state index contributed by atoms with van der Waals surface area (Å²) in [5, 5.41) is 2.31. The molecule has 0 saturated heterocycles. The molecule has 0 aliphatic heterocycles. The molecule has 1 nitrogen and oxygen atoms in total. The van der Waals surface area contributed by atoms with E-state index in [1.54, 1.807) is 11.8 Å². The van der Waals surface area contributed by atoms with Gasteiger partial charge in [0.15, 0.2) is 10.7 Å². The highest BCUT2D eigenvalue weighted by atomic mass is 79.9. The van der Waals surface area contributed by atoms with Crippen molar-refractivity contribution in [2.75, 3.05) is 5.75 Å². The van der Waals surface area contributed by atoms with Gasteiger partial charge in [-0.25, -0.2) is 0 Å². The van der Waals surface area contributed by atoms with Gasteiger partial charge in [-0.3, -0.25) is 0 Å². The molecule has 0 fully saturated rings. The van der Waals surface area contributed by atoms with E-state index in [0.29, 0.717) is 0 Å². The molecule has 0 unspecified atom stereocenters. The fourth-order valence-corrected chi connectivity index (χ4v) is 3.74. The molecule has 98 valence electrons. The van der Waals surface area contributed by atoms with Gasteiger partial charge >= 0.3 is 0 Å². The molecular weight excluding hydrogens is 376 g/mol. The van der Waals surface area contributed by atoms with E-state index in [2.05, 4.69) is 51.8 Å². The quantitative estimate of drug-likeness (QED) is 0.546. The Labute approximate surface area is 129 Å². The number of halogens is 2. The lowest BCUT2D eigenvalue weighted by molar-refractivity contribution is 0.503. The van der Waals surface area contributed by atoms with Crippen molar-refractivity contribution < 1.29 is 4.42 Å². The zero-order chi connectivity index (χ0) is 13.1. The molecule has 0 radical (unpaired) electrons. The number of hydrogen-bond acceptors (Lipinski definition) is 2. The van der Waals surface area contributed by atoms with Crippen molar-refractivity contribution in [3.05, 3.63) is 26.6 Å². The SMILES string of the molecule is CCCCc1c(SCC)oc2c(Br)ccc(Br)c12. The average Bonchev–Trinajstić information content (AvgIpc) is 2.72. The lowest BCUT2D eigenvalue weighted by Crippen LogP contribution is -1.86. The summed E-state index contributed by atoms with van der Waals surface area (Å²) in [5.74, 6) is 1.04. The lowest BCUT2D eigenvalue weighted by atomic mass is 10.1. The Kier molecular flexibility index (Phi) is 5.22. The minimum atomic E-state index is 0.964. The molecular formula is C14H16Br2OS. The average molecular weight is 392 g/mol. The molecule has 18 heavy (non-hydrogen) atoms. The number of hydrogen-bond donors (Lipinski definition) is 0. The van der Waals surface area contributed by atoms with Gasteiger partial charge in [-0.15, -0.1) is 0 Å². The molecule has 0 aliphatic rings.